The third-order valence-electron chi connectivity index (χ3n) is 3.92. The summed E-state index contributed by atoms with van der Waals surface area (Å²) in [5, 5.41) is 3.60. The number of fused-ring (bicyclic) bond motifs is 1. The topological polar surface area (TPSA) is 38.6 Å². The van der Waals surface area contributed by atoms with Crippen molar-refractivity contribution < 1.29 is 4.74 Å². The number of pyridine rings is 1. The normalized spacial score (nSPS) is 12.0. The van der Waals surface area contributed by atoms with Crippen LogP contribution in [0.15, 0.2) is 42.5 Å². The van der Waals surface area contributed by atoms with Crippen molar-refractivity contribution in [3.8, 4) is 5.75 Å². The minimum atomic E-state index is -0.0642. The van der Waals surface area contributed by atoms with Crippen LogP contribution < -0.4 is 10.1 Å². The zero-order valence-corrected chi connectivity index (χ0v) is 15.5. The van der Waals surface area contributed by atoms with E-state index in [9.17, 15) is 0 Å². The third-order valence-corrected chi connectivity index (χ3v) is 3.92. The molecule has 0 aliphatic carbocycles. The molecule has 3 rings (SSSR count). The van der Waals surface area contributed by atoms with Gasteiger partial charge in [0.15, 0.2) is 0 Å². The molecule has 1 N–H and O–H groups in total. The third kappa shape index (κ3) is 3.68. The summed E-state index contributed by atoms with van der Waals surface area (Å²) >= 11 is 0. The van der Waals surface area contributed by atoms with E-state index >= 15 is 0 Å². The Balaban J connectivity index is 2.10. The number of para-hydroxylation sites is 1. The molecule has 3 aromatic rings. The van der Waals surface area contributed by atoms with Gasteiger partial charge in [0, 0.05) is 16.8 Å². The predicted molar refractivity (Wildman–Crippen MR) is 105 cm³/mol. The first-order valence-electron chi connectivity index (χ1n) is 8.46. The summed E-state index contributed by atoms with van der Waals surface area (Å²) in [6.07, 6.45) is 4.09. The van der Waals surface area contributed by atoms with E-state index in [0.717, 1.165) is 34.2 Å². The van der Waals surface area contributed by atoms with E-state index in [2.05, 4.69) is 43.5 Å². The lowest BCUT2D eigenvalue weighted by molar-refractivity contribution is 0.414. The van der Waals surface area contributed by atoms with Gasteiger partial charge < -0.3 is 10.1 Å². The second kappa shape index (κ2) is 6.63. The number of aromatic nitrogens is 2. The minimum Gasteiger partial charge on any atom is -0.496 e. The lowest BCUT2D eigenvalue weighted by Crippen LogP contribution is -2.27. The van der Waals surface area contributed by atoms with Crippen LogP contribution in [-0.2, 0) is 0 Å². The highest BCUT2D eigenvalue weighted by Gasteiger charge is 2.17. The Morgan fingerprint density at radius 1 is 1.04 bits per heavy atom. The zero-order valence-electron chi connectivity index (χ0n) is 15.5. The van der Waals surface area contributed by atoms with Crippen LogP contribution in [0.5, 0.6) is 5.75 Å². The Hall–Kier alpha value is -2.75. The second-order valence-electron chi connectivity index (χ2n) is 7.16. The molecule has 0 saturated carbocycles. The number of hydrogen-bond donors (Lipinski definition) is 1. The fourth-order valence-corrected chi connectivity index (χ4v) is 2.84. The average Bonchev–Trinajstić information content (AvgIpc) is 2.90. The lowest BCUT2D eigenvalue weighted by Gasteiger charge is -2.22. The second-order valence-corrected chi connectivity index (χ2v) is 7.16. The molecule has 2 heterocycles. The van der Waals surface area contributed by atoms with Gasteiger partial charge in [-0.2, -0.15) is 0 Å². The van der Waals surface area contributed by atoms with E-state index in [1.165, 1.54) is 0 Å². The summed E-state index contributed by atoms with van der Waals surface area (Å²) in [5.41, 5.74) is 3.96. The number of methoxy groups -OCH3 is 1. The number of ether oxygens (including phenoxy) is 1. The number of aryl methyl sites for hydroxylation is 1. The Kier molecular flexibility index (Phi) is 4.53. The van der Waals surface area contributed by atoms with E-state index < -0.39 is 0 Å². The fraction of sp³-hybridized carbons (Fsp3) is 0.286. The summed E-state index contributed by atoms with van der Waals surface area (Å²) < 4.78 is 7.59. The molecule has 4 nitrogen and oxygen atoms in total. The van der Waals surface area contributed by atoms with Crippen LogP contribution >= 0.6 is 0 Å². The van der Waals surface area contributed by atoms with Gasteiger partial charge in [-0.25, -0.2) is 4.98 Å². The van der Waals surface area contributed by atoms with Crippen molar-refractivity contribution in [3.63, 3.8) is 0 Å². The quantitative estimate of drug-likeness (QED) is 0.726. The molecule has 0 saturated heterocycles. The molecule has 2 aromatic heterocycles. The Bertz CT molecular complexity index is 917. The van der Waals surface area contributed by atoms with E-state index in [1.54, 1.807) is 7.11 Å². The van der Waals surface area contributed by atoms with Gasteiger partial charge in [0.2, 0.25) is 0 Å². The summed E-state index contributed by atoms with van der Waals surface area (Å²) in [7, 11) is 1.69. The van der Waals surface area contributed by atoms with E-state index in [4.69, 9.17) is 9.72 Å². The van der Waals surface area contributed by atoms with Crippen molar-refractivity contribution in [2.45, 2.75) is 33.2 Å². The van der Waals surface area contributed by atoms with Gasteiger partial charge in [0.25, 0.3) is 0 Å². The number of hydrogen-bond acceptors (Lipinski definition) is 3. The Morgan fingerprint density at radius 3 is 2.52 bits per heavy atom. The molecule has 0 spiro atoms. The van der Waals surface area contributed by atoms with Crippen molar-refractivity contribution in [1.82, 2.24) is 9.38 Å². The fourth-order valence-electron chi connectivity index (χ4n) is 2.84. The highest BCUT2D eigenvalue weighted by atomic mass is 16.5. The summed E-state index contributed by atoms with van der Waals surface area (Å²) in [6.45, 7) is 8.55. The largest absolute Gasteiger partial charge is 0.496 e. The molecule has 1 aromatic carbocycles. The Morgan fingerprint density at radius 2 is 1.80 bits per heavy atom. The van der Waals surface area contributed by atoms with Crippen LogP contribution in [0.2, 0.25) is 0 Å². The molecule has 0 radical (unpaired) electrons. The Labute approximate surface area is 149 Å². The van der Waals surface area contributed by atoms with Gasteiger partial charge >= 0.3 is 0 Å². The van der Waals surface area contributed by atoms with Gasteiger partial charge in [-0.15, -0.1) is 0 Å². The SMILES string of the molecule is COc1ccccc1/C=C/c1nc2cccc(C)n2c1NC(C)(C)C. The standard InChI is InChI=1S/C21H25N3O/c1-15-9-8-12-19-22-17(20(24(15)19)23-21(2,3)4)14-13-16-10-6-7-11-18(16)25-5/h6-14,23H,1-5H3/b14-13+. The number of imidazole rings is 1. The zero-order chi connectivity index (χ0) is 18.0. The van der Waals surface area contributed by atoms with Crippen LogP contribution in [-0.4, -0.2) is 22.0 Å². The molecular formula is C21H25N3O. The van der Waals surface area contributed by atoms with Crippen molar-refractivity contribution in [3.05, 3.63) is 59.4 Å². The molecule has 0 aliphatic rings. The monoisotopic (exact) mass is 335 g/mol. The molecule has 0 atom stereocenters. The predicted octanol–water partition coefficient (Wildman–Crippen LogP) is 5.03. The first kappa shape index (κ1) is 17.1. The van der Waals surface area contributed by atoms with Crippen LogP contribution in [0, 0.1) is 6.92 Å². The number of rotatable bonds is 4. The van der Waals surface area contributed by atoms with Crippen LogP contribution in [0.25, 0.3) is 17.8 Å². The number of nitrogens with one attached hydrogen (secondary N) is 1. The summed E-state index contributed by atoms with van der Waals surface area (Å²) in [5.74, 6) is 1.86. The molecule has 0 aliphatic heterocycles. The smallest absolute Gasteiger partial charge is 0.139 e. The number of anilines is 1. The first-order valence-corrected chi connectivity index (χ1v) is 8.46. The van der Waals surface area contributed by atoms with E-state index in [-0.39, 0.29) is 5.54 Å². The first-order chi connectivity index (χ1) is 11.9. The molecule has 0 unspecified atom stereocenters. The highest BCUT2D eigenvalue weighted by molar-refractivity contribution is 5.78. The molecule has 0 fully saturated rings. The van der Waals surface area contributed by atoms with Gasteiger partial charge in [-0.05, 0) is 58.0 Å². The maximum Gasteiger partial charge on any atom is 0.139 e. The molecule has 4 heteroatoms. The average molecular weight is 335 g/mol. The molecule has 0 bridgehead atoms. The molecule has 0 amide bonds. The summed E-state index contributed by atoms with van der Waals surface area (Å²) in [6, 6.07) is 14.1. The molecule has 25 heavy (non-hydrogen) atoms. The van der Waals surface area contributed by atoms with Crippen molar-refractivity contribution in [2.75, 3.05) is 12.4 Å². The van der Waals surface area contributed by atoms with Gasteiger partial charge in [0.05, 0.1) is 7.11 Å². The van der Waals surface area contributed by atoms with Crippen molar-refractivity contribution in [1.29, 1.82) is 0 Å². The van der Waals surface area contributed by atoms with Crippen molar-refractivity contribution >= 4 is 23.6 Å². The number of benzene rings is 1. The van der Waals surface area contributed by atoms with Gasteiger partial charge in [0.1, 0.15) is 22.9 Å². The van der Waals surface area contributed by atoms with Gasteiger partial charge in [-0.1, -0.05) is 24.3 Å². The molecule has 130 valence electrons. The van der Waals surface area contributed by atoms with Crippen LogP contribution in [0.4, 0.5) is 5.82 Å². The van der Waals surface area contributed by atoms with E-state index in [1.807, 2.05) is 48.6 Å². The summed E-state index contributed by atoms with van der Waals surface area (Å²) in [4.78, 5) is 4.80. The van der Waals surface area contributed by atoms with Crippen molar-refractivity contribution in [2.24, 2.45) is 0 Å². The molecular weight excluding hydrogens is 310 g/mol. The lowest BCUT2D eigenvalue weighted by atomic mass is 10.1. The highest BCUT2D eigenvalue weighted by Crippen LogP contribution is 2.26. The minimum absolute atomic E-state index is 0.0642. The van der Waals surface area contributed by atoms with Gasteiger partial charge in [-0.3, -0.25) is 4.40 Å². The van der Waals surface area contributed by atoms with E-state index in [0.29, 0.717) is 0 Å². The maximum absolute atomic E-state index is 5.43. The van der Waals surface area contributed by atoms with Crippen LogP contribution in [0.3, 0.4) is 0 Å². The van der Waals surface area contributed by atoms with Crippen LogP contribution in [0.1, 0.15) is 37.7 Å². The number of nitrogens with zero attached hydrogens (tertiary/aromatic N) is 2. The maximum atomic E-state index is 5.43.